The van der Waals surface area contributed by atoms with Gasteiger partial charge in [0, 0.05) is 0 Å². The van der Waals surface area contributed by atoms with Crippen LogP contribution in [-0.2, 0) is 9.53 Å². The zero-order valence-corrected chi connectivity index (χ0v) is 9.82. The van der Waals surface area contributed by atoms with Gasteiger partial charge in [0.2, 0.25) is 0 Å². The Hall–Kier alpha value is -0.480. The molecule has 0 bridgehead atoms. The Labute approximate surface area is 90.5 Å². The van der Waals surface area contributed by atoms with Crippen LogP contribution >= 0.6 is 12.2 Å². The van der Waals surface area contributed by atoms with Crippen molar-refractivity contribution in [3.63, 3.8) is 0 Å². The number of carbonyl (C=O) groups excluding carboxylic acids is 1. The van der Waals surface area contributed by atoms with Gasteiger partial charge < -0.3 is 9.84 Å². The minimum absolute atomic E-state index is 0.000880. The number of thiocarbonyl (C=S) groups is 1. The highest BCUT2D eigenvalue weighted by Crippen LogP contribution is 2.19. The van der Waals surface area contributed by atoms with Crippen LogP contribution in [0.1, 0.15) is 40.0 Å². The molecule has 82 valence electrons. The third-order valence-corrected chi connectivity index (χ3v) is 2.54. The molecular formula is C10H18O3S. The molecule has 0 aromatic carbocycles. The van der Waals surface area contributed by atoms with Crippen molar-refractivity contribution in [2.24, 2.45) is 0 Å². The largest absolute Gasteiger partial charge is 0.484 e. The van der Waals surface area contributed by atoms with Crippen molar-refractivity contribution in [1.82, 2.24) is 0 Å². The standard InChI is InChI=1S/C10H18O3S/c1-4-6-7-10(12,8(3)11)9(14)13-5-2/h12H,4-7H2,1-3H3. The molecule has 1 unspecified atom stereocenters. The number of ketones is 1. The number of carbonyl (C=O) groups is 1. The molecule has 0 amide bonds. The highest BCUT2D eigenvalue weighted by molar-refractivity contribution is 7.80. The summed E-state index contributed by atoms with van der Waals surface area (Å²) in [4.78, 5) is 11.3. The maximum Gasteiger partial charge on any atom is 0.199 e. The fraction of sp³-hybridized carbons (Fsp3) is 0.800. The molecule has 0 aliphatic rings. The van der Waals surface area contributed by atoms with Crippen LogP contribution in [0.2, 0.25) is 0 Å². The molecule has 1 N–H and O–H groups in total. The Balaban J connectivity index is 4.53. The lowest BCUT2D eigenvalue weighted by Gasteiger charge is -2.25. The quantitative estimate of drug-likeness (QED) is 0.691. The first-order valence-electron chi connectivity index (χ1n) is 4.89. The Bertz CT molecular complexity index is 215. The molecule has 0 saturated carbocycles. The summed E-state index contributed by atoms with van der Waals surface area (Å²) >= 11 is 4.88. The summed E-state index contributed by atoms with van der Waals surface area (Å²) in [6.45, 7) is 5.47. The summed E-state index contributed by atoms with van der Waals surface area (Å²) in [6.07, 6.45) is 2.01. The first-order valence-corrected chi connectivity index (χ1v) is 5.30. The van der Waals surface area contributed by atoms with Gasteiger partial charge in [-0.2, -0.15) is 0 Å². The molecule has 0 aliphatic carbocycles. The molecule has 3 nitrogen and oxygen atoms in total. The predicted molar refractivity (Wildman–Crippen MR) is 59.4 cm³/mol. The minimum atomic E-state index is -1.57. The maximum atomic E-state index is 11.3. The highest BCUT2D eigenvalue weighted by Gasteiger charge is 2.38. The van der Waals surface area contributed by atoms with Gasteiger partial charge in [0.15, 0.2) is 16.4 Å². The molecule has 0 aromatic heterocycles. The molecule has 0 rings (SSSR count). The molecule has 14 heavy (non-hydrogen) atoms. The van der Waals surface area contributed by atoms with Gasteiger partial charge in [0.25, 0.3) is 0 Å². The van der Waals surface area contributed by atoms with E-state index in [0.717, 1.165) is 12.8 Å². The molecule has 4 heteroatoms. The number of hydrogen-bond acceptors (Lipinski definition) is 4. The molecular weight excluding hydrogens is 200 g/mol. The van der Waals surface area contributed by atoms with Crippen LogP contribution in [0, 0.1) is 0 Å². The third kappa shape index (κ3) is 3.35. The van der Waals surface area contributed by atoms with E-state index in [9.17, 15) is 9.90 Å². The second kappa shape index (κ2) is 6.09. The van der Waals surface area contributed by atoms with Gasteiger partial charge in [0.1, 0.15) is 0 Å². The van der Waals surface area contributed by atoms with Crippen LogP contribution in [0.25, 0.3) is 0 Å². The van der Waals surface area contributed by atoms with E-state index in [0.29, 0.717) is 13.0 Å². The van der Waals surface area contributed by atoms with Crippen LogP contribution in [0.5, 0.6) is 0 Å². The van der Waals surface area contributed by atoms with Crippen molar-refractivity contribution in [2.75, 3.05) is 6.61 Å². The van der Waals surface area contributed by atoms with E-state index in [2.05, 4.69) is 0 Å². The average Bonchev–Trinajstić information content (AvgIpc) is 2.14. The Morgan fingerprint density at radius 1 is 1.50 bits per heavy atom. The van der Waals surface area contributed by atoms with Crippen molar-refractivity contribution < 1.29 is 14.6 Å². The highest BCUT2D eigenvalue weighted by atomic mass is 32.1. The Morgan fingerprint density at radius 2 is 2.07 bits per heavy atom. The number of ether oxygens (including phenoxy) is 1. The summed E-state index contributed by atoms with van der Waals surface area (Å²) < 4.78 is 5.03. The van der Waals surface area contributed by atoms with Crippen LogP contribution in [0.3, 0.4) is 0 Å². The SMILES string of the molecule is CCCCC(O)(C(C)=O)C(=S)OCC. The van der Waals surface area contributed by atoms with E-state index >= 15 is 0 Å². The fourth-order valence-corrected chi connectivity index (χ4v) is 1.47. The van der Waals surface area contributed by atoms with Crippen LogP contribution in [0.15, 0.2) is 0 Å². The van der Waals surface area contributed by atoms with Crippen LogP contribution in [0.4, 0.5) is 0 Å². The van der Waals surface area contributed by atoms with Gasteiger partial charge in [0.05, 0.1) is 6.61 Å². The van der Waals surface area contributed by atoms with Crippen LogP contribution in [-0.4, -0.2) is 28.1 Å². The minimum Gasteiger partial charge on any atom is -0.484 e. The summed E-state index contributed by atoms with van der Waals surface area (Å²) in [6, 6.07) is 0. The first kappa shape index (κ1) is 13.5. The van der Waals surface area contributed by atoms with E-state index in [1.165, 1.54) is 6.92 Å². The van der Waals surface area contributed by atoms with Crippen LogP contribution < -0.4 is 0 Å². The molecule has 0 fully saturated rings. The Kier molecular flexibility index (Phi) is 5.88. The van der Waals surface area contributed by atoms with Crippen molar-refractivity contribution in [3.8, 4) is 0 Å². The normalized spacial score (nSPS) is 14.6. The second-order valence-corrected chi connectivity index (χ2v) is 3.61. The van der Waals surface area contributed by atoms with Crippen molar-refractivity contribution >= 4 is 23.1 Å². The number of hydrogen-bond donors (Lipinski definition) is 1. The third-order valence-electron chi connectivity index (χ3n) is 2.09. The molecule has 0 spiro atoms. The van der Waals surface area contributed by atoms with Gasteiger partial charge in [-0.15, -0.1) is 0 Å². The van der Waals surface area contributed by atoms with E-state index in [1.54, 1.807) is 6.92 Å². The van der Waals surface area contributed by atoms with Crippen molar-refractivity contribution in [1.29, 1.82) is 0 Å². The van der Waals surface area contributed by atoms with E-state index in [-0.39, 0.29) is 10.8 Å². The fourth-order valence-electron chi connectivity index (χ4n) is 1.10. The van der Waals surface area contributed by atoms with E-state index in [4.69, 9.17) is 17.0 Å². The molecule has 0 radical (unpaired) electrons. The van der Waals surface area contributed by atoms with Gasteiger partial charge in [-0.3, -0.25) is 4.79 Å². The lowest BCUT2D eigenvalue weighted by molar-refractivity contribution is -0.130. The molecule has 0 heterocycles. The summed E-state index contributed by atoms with van der Waals surface area (Å²) in [5.74, 6) is -0.343. The van der Waals surface area contributed by atoms with Gasteiger partial charge in [-0.05, 0) is 38.9 Å². The number of unbranched alkanes of at least 4 members (excludes halogenated alkanes) is 1. The molecule has 0 saturated heterocycles. The first-order chi connectivity index (χ1) is 6.49. The zero-order chi connectivity index (χ0) is 11.2. The summed E-state index contributed by atoms with van der Waals surface area (Å²) in [5, 5.41) is 10.0. The lowest BCUT2D eigenvalue weighted by atomic mass is 9.93. The predicted octanol–water partition coefficient (Wildman–Crippen LogP) is 1.86. The lowest BCUT2D eigenvalue weighted by Crippen LogP contribution is -2.45. The molecule has 0 aliphatic heterocycles. The smallest absolute Gasteiger partial charge is 0.199 e. The zero-order valence-electron chi connectivity index (χ0n) is 9.00. The molecule has 1 atom stereocenters. The number of rotatable bonds is 6. The maximum absolute atomic E-state index is 11.3. The summed E-state index contributed by atoms with van der Waals surface area (Å²) in [7, 11) is 0. The van der Waals surface area contributed by atoms with Crippen molar-refractivity contribution in [2.45, 2.75) is 45.6 Å². The topological polar surface area (TPSA) is 46.5 Å². The van der Waals surface area contributed by atoms with E-state index < -0.39 is 5.60 Å². The summed E-state index contributed by atoms with van der Waals surface area (Å²) in [5.41, 5.74) is -1.57. The Morgan fingerprint density at radius 3 is 2.43 bits per heavy atom. The van der Waals surface area contributed by atoms with Gasteiger partial charge >= 0.3 is 0 Å². The number of aliphatic hydroxyl groups is 1. The van der Waals surface area contributed by atoms with Crippen molar-refractivity contribution in [3.05, 3.63) is 0 Å². The average molecular weight is 218 g/mol. The monoisotopic (exact) mass is 218 g/mol. The van der Waals surface area contributed by atoms with Gasteiger partial charge in [-0.25, -0.2) is 0 Å². The van der Waals surface area contributed by atoms with E-state index in [1.807, 2.05) is 6.92 Å². The second-order valence-electron chi connectivity index (χ2n) is 3.24. The number of Topliss-reactive ketones (excluding diaryl/α,β-unsaturated/α-hetero) is 1. The van der Waals surface area contributed by atoms with Gasteiger partial charge in [-0.1, -0.05) is 13.3 Å². The molecule has 0 aromatic rings.